The summed E-state index contributed by atoms with van der Waals surface area (Å²) in [6.07, 6.45) is 0. The van der Waals surface area contributed by atoms with Gasteiger partial charge in [0.25, 0.3) is 17.5 Å². The second-order valence-electron chi connectivity index (χ2n) is 6.05. The summed E-state index contributed by atoms with van der Waals surface area (Å²) in [5, 5.41) is 19.6. The molecule has 1 aliphatic heterocycles. The molecule has 1 aromatic heterocycles. The maximum Gasteiger partial charge on any atom is 0.269 e. The molecule has 0 aliphatic carbocycles. The van der Waals surface area contributed by atoms with E-state index < -0.39 is 16.2 Å². The maximum absolute atomic E-state index is 12.5. The number of nitro benzene ring substituents is 1. The third-order valence-electron chi connectivity index (χ3n) is 4.22. The number of benzene rings is 2. The number of nitrogens with zero attached hydrogens (tertiary/aromatic N) is 5. The number of aromatic nitrogens is 3. The van der Waals surface area contributed by atoms with Gasteiger partial charge in [-0.1, -0.05) is 17.3 Å². The molecule has 28 heavy (non-hydrogen) atoms. The van der Waals surface area contributed by atoms with Gasteiger partial charge in [0.1, 0.15) is 17.4 Å². The quantitative estimate of drug-likeness (QED) is 0.512. The van der Waals surface area contributed by atoms with E-state index in [1.807, 2.05) is 12.1 Å². The van der Waals surface area contributed by atoms with Crippen LogP contribution in [-0.4, -0.2) is 42.5 Å². The van der Waals surface area contributed by atoms with Gasteiger partial charge in [0, 0.05) is 12.1 Å². The molecule has 142 valence electrons. The van der Waals surface area contributed by atoms with Gasteiger partial charge in [-0.2, -0.15) is 0 Å². The molecule has 1 fully saturated rings. The fraction of sp³-hybridized carbons (Fsp3) is 0.176. The van der Waals surface area contributed by atoms with Gasteiger partial charge >= 0.3 is 0 Å². The van der Waals surface area contributed by atoms with Crippen molar-refractivity contribution < 1.29 is 14.5 Å². The average Bonchev–Trinajstić information content (AvgIpc) is 3.26. The molecule has 11 heteroatoms. The first-order valence-electron chi connectivity index (χ1n) is 8.28. The van der Waals surface area contributed by atoms with Crippen LogP contribution in [0.1, 0.15) is 10.9 Å². The van der Waals surface area contributed by atoms with E-state index in [1.54, 1.807) is 24.3 Å². The Morgan fingerprint density at radius 1 is 1.25 bits per heavy atom. The van der Waals surface area contributed by atoms with Crippen LogP contribution >= 0.6 is 11.8 Å². The van der Waals surface area contributed by atoms with E-state index >= 15 is 0 Å². The zero-order valence-electron chi connectivity index (χ0n) is 14.4. The van der Waals surface area contributed by atoms with Crippen molar-refractivity contribution in [2.45, 2.75) is 11.9 Å². The molecule has 4 rings (SSSR count). The number of carbonyl (C=O) groups excluding carboxylic acids is 2. The van der Waals surface area contributed by atoms with Gasteiger partial charge in [-0.15, -0.1) is 16.9 Å². The minimum Gasteiger partial charge on any atom is -0.272 e. The van der Waals surface area contributed by atoms with E-state index in [-0.39, 0.29) is 23.9 Å². The van der Waals surface area contributed by atoms with Gasteiger partial charge in [0.2, 0.25) is 0 Å². The Balaban J connectivity index is 1.49. The van der Waals surface area contributed by atoms with Crippen LogP contribution in [0.3, 0.4) is 0 Å². The molecule has 0 bridgehead atoms. The van der Waals surface area contributed by atoms with E-state index in [2.05, 4.69) is 15.7 Å². The van der Waals surface area contributed by atoms with Crippen LogP contribution in [0.25, 0.3) is 11.0 Å². The molecule has 1 aliphatic rings. The number of carbonyl (C=O) groups is 2. The van der Waals surface area contributed by atoms with Crippen LogP contribution in [0.15, 0.2) is 48.5 Å². The van der Waals surface area contributed by atoms with Gasteiger partial charge in [-0.3, -0.25) is 25.1 Å². The van der Waals surface area contributed by atoms with Crippen molar-refractivity contribution >= 4 is 40.3 Å². The predicted molar refractivity (Wildman–Crippen MR) is 101 cm³/mol. The topological polar surface area (TPSA) is 123 Å². The number of fused-ring (bicyclic) bond motifs is 1. The highest BCUT2D eigenvalue weighted by Gasteiger charge is 2.34. The van der Waals surface area contributed by atoms with Crippen LogP contribution in [0.4, 0.5) is 5.69 Å². The highest BCUT2D eigenvalue weighted by atomic mass is 32.2. The third-order valence-corrected chi connectivity index (χ3v) is 5.43. The van der Waals surface area contributed by atoms with Crippen LogP contribution < -0.4 is 5.43 Å². The fourth-order valence-corrected chi connectivity index (χ4v) is 4.00. The summed E-state index contributed by atoms with van der Waals surface area (Å²) in [4.78, 5) is 35.0. The lowest BCUT2D eigenvalue weighted by atomic mass is 10.2. The molecule has 0 spiro atoms. The number of hydrazine groups is 1. The number of hydrogen-bond acceptors (Lipinski definition) is 7. The number of thioether (sulfide) groups is 1. The molecule has 10 nitrogen and oxygen atoms in total. The first kappa shape index (κ1) is 17.9. The highest BCUT2D eigenvalue weighted by Crippen LogP contribution is 2.37. The fourth-order valence-electron chi connectivity index (χ4n) is 2.89. The first-order chi connectivity index (χ1) is 13.5. The lowest BCUT2D eigenvalue weighted by Crippen LogP contribution is -2.45. The molecule has 1 unspecified atom stereocenters. The molecule has 3 aromatic rings. The Morgan fingerprint density at radius 3 is 2.75 bits per heavy atom. The van der Waals surface area contributed by atoms with Gasteiger partial charge in [-0.25, -0.2) is 9.69 Å². The zero-order valence-corrected chi connectivity index (χ0v) is 15.2. The van der Waals surface area contributed by atoms with Gasteiger partial charge in [0.15, 0.2) is 0 Å². The maximum atomic E-state index is 12.5. The van der Waals surface area contributed by atoms with Crippen molar-refractivity contribution in [3.8, 4) is 0 Å². The minimum absolute atomic E-state index is 0.0354. The summed E-state index contributed by atoms with van der Waals surface area (Å²) < 4.78 is 1.46. The van der Waals surface area contributed by atoms with Crippen molar-refractivity contribution in [2.24, 2.45) is 0 Å². The van der Waals surface area contributed by atoms with Crippen LogP contribution in [0.2, 0.25) is 0 Å². The normalized spacial score (nSPS) is 16.5. The summed E-state index contributed by atoms with van der Waals surface area (Å²) in [6.45, 7) is -0.0953. The van der Waals surface area contributed by atoms with E-state index in [4.69, 9.17) is 0 Å². The van der Waals surface area contributed by atoms with Crippen LogP contribution in [0.5, 0.6) is 0 Å². The second kappa shape index (κ2) is 7.27. The summed E-state index contributed by atoms with van der Waals surface area (Å²) >= 11 is 1.34. The molecule has 1 atom stereocenters. The van der Waals surface area contributed by atoms with Crippen molar-refractivity contribution in [3.63, 3.8) is 0 Å². The van der Waals surface area contributed by atoms with Gasteiger partial charge in [0.05, 0.1) is 16.2 Å². The third kappa shape index (κ3) is 3.39. The monoisotopic (exact) mass is 398 g/mol. The standard InChI is InChI=1S/C17H14N6O4S/c24-15(9-21-14-4-2-1-3-13(14)18-20-21)19-22-16(25)10-28-17(22)11-5-7-12(8-6-11)23(26)27/h1-8,17H,9-10H2,(H,19,24). The number of amides is 2. The van der Waals surface area contributed by atoms with Gasteiger partial charge < -0.3 is 0 Å². The van der Waals surface area contributed by atoms with E-state index in [0.717, 1.165) is 0 Å². The number of rotatable bonds is 5. The summed E-state index contributed by atoms with van der Waals surface area (Å²) in [6, 6.07) is 13.2. The smallest absolute Gasteiger partial charge is 0.269 e. The summed E-state index contributed by atoms with van der Waals surface area (Å²) in [5.74, 6) is -0.461. The lowest BCUT2D eigenvalue weighted by molar-refractivity contribution is -0.384. The summed E-state index contributed by atoms with van der Waals surface area (Å²) in [5.41, 5.74) is 4.66. The van der Waals surface area contributed by atoms with E-state index in [0.29, 0.717) is 16.6 Å². The Morgan fingerprint density at radius 2 is 2.00 bits per heavy atom. The number of hydrogen-bond donors (Lipinski definition) is 1. The van der Waals surface area contributed by atoms with Crippen molar-refractivity contribution in [1.29, 1.82) is 0 Å². The molecule has 2 amide bonds. The van der Waals surface area contributed by atoms with Crippen molar-refractivity contribution in [2.75, 3.05) is 5.75 Å². The van der Waals surface area contributed by atoms with Crippen LogP contribution in [-0.2, 0) is 16.1 Å². The molecule has 2 heterocycles. The van der Waals surface area contributed by atoms with Crippen LogP contribution in [0, 0.1) is 10.1 Å². The number of non-ortho nitro benzene ring substituents is 1. The summed E-state index contributed by atoms with van der Waals surface area (Å²) in [7, 11) is 0. The molecule has 0 saturated carbocycles. The zero-order chi connectivity index (χ0) is 19.7. The van der Waals surface area contributed by atoms with E-state index in [9.17, 15) is 19.7 Å². The first-order valence-corrected chi connectivity index (χ1v) is 9.33. The van der Waals surface area contributed by atoms with Crippen molar-refractivity contribution in [1.82, 2.24) is 25.4 Å². The van der Waals surface area contributed by atoms with E-state index in [1.165, 1.54) is 33.6 Å². The Kier molecular flexibility index (Phi) is 4.65. The minimum atomic E-state index is -0.487. The second-order valence-corrected chi connectivity index (χ2v) is 7.12. The number of nitrogens with one attached hydrogen (secondary N) is 1. The average molecular weight is 398 g/mol. The largest absolute Gasteiger partial charge is 0.272 e. The number of nitro groups is 1. The Hall–Kier alpha value is -3.47. The predicted octanol–water partition coefficient (Wildman–Crippen LogP) is 1.64. The molecule has 1 saturated heterocycles. The lowest BCUT2D eigenvalue weighted by Gasteiger charge is -2.24. The number of para-hydroxylation sites is 1. The SMILES string of the molecule is O=C(Cn1nnc2ccccc21)NN1C(=O)CSC1c1ccc([N+](=O)[O-])cc1. The molecule has 2 aromatic carbocycles. The highest BCUT2D eigenvalue weighted by molar-refractivity contribution is 8.00. The molecular formula is C17H14N6O4S. The Labute approximate surface area is 162 Å². The van der Waals surface area contributed by atoms with Gasteiger partial charge in [-0.05, 0) is 29.8 Å². The molecule has 0 radical (unpaired) electrons. The Bertz CT molecular complexity index is 1070. The van der Waals surface area contributed by atoms with Crippen molar-refractivity contribution in [3.05, 3.63) is 64.2 Å². The molecular weight excluding hydrogens is 384 g/mol. The molecule has 1 N–H and O–H groups in total.